The van der Waals surface area contributed by atoms with Gasteiger partial charge < -0.3 is 15.2 Å². The molecule has 0 amide bonds. The summed E-state index contributed by atoms with van der Waals surface area (Å²) in [5, 5.41) is 0. The minimum Gasteiger partial charge on any atom is -0.496 e. The molecule has 1 aromatic rings. The molecule has 88 valence electrons. The molecule has 4 nitrogen and oxygen atoms in total. The van der Waals surface area contributed by atoms with Gasteiger partial charge in [-0.15, -0.1) is 0 Å². The number of nitrogens with two attached hydrogens (primary N) is 1. The lowest BCUT2D eigenvalue weighted by atomic mass is 10.0. The van der Waals surface area contributed by atoms with Crippen LogP contribution < -0.4 is 10.5 Å². The van der Waals surface area contributed by atoms with Crippen LogP contribution in [0.15, 0.2) is 18.2 Å². The Labute approximate surface area is 95.3 Å². The largest absolute Gasteiger partial charge is 0.496 e. The van der Waals surface area contributed by atoms with E-state index in [1.807, 2.05) is 12.1 Å². The van der Waals surface area contributed by atoms with Crippen LogP contribution >= 0.6 is 0 Å². The lowest BCUT2D eigenvalue weighted by molar-refractivity contribution is 0.0977. The molecule has 16 heavy (non-hydrogen) atoms. The average Bonchev–Trinajstić information content (AvgIpc) is 2.29. The smallest absolute Gasteiger partial charge is 0.168 e. The summed E-state index contributed by atoms with van der Waals surface area (Å²) in [4.78, 5) is 11.9. The number of carbonyl (C=O) groups is 1. The van der Waals surface area contributed by atoms with Crippen molar-refractivity contribution in [2.45, 2.75) is 13.0 Å². The summed E-state index contributed by atoms with van der Waals surface area (Å²) in [5.74, 6) is 0.569. The van der Waals surface area contributed by atoms with Crippen LogP contribution in [0.3, 0.4) is 0 Å². The van der Waals surface area contributed by atoms with E-state index in [0.717, 1.165) is 5.56 Å². The minimum atomic E-state index is -0.00741. The van der Waals surface area contributed by atoms with Crippen molar-refractivity contribution in [3.63, 3.8) is 0 Å². The number of hydrogen-bond donors (Lipinski definition) is 1. The Balaban J connectivity index is 3.13. The molecule has 0 radical (unpaired) electrons. The molecule has 0 aliphatic carbocycles. The Bertz CT molecular complexity index is 363. The predicted molar refractivity (Wildman–Crippen MR) is 61.7 cm³/mol. The third kappa shape index (κ3) is 2.81. The first-order valence-electron chi connectivity index (χ1n) is 5.12. The van der Waals surface area contributed by atoms with Gasteiger partial charge in [-0.1, -0.05) is 12.1 Å². The van der Waals surface area contributed by atoms with Gasteiger partial charge in [0, 0.05) is 13.5 Å². The standard InChI is InChI=1S/C12H17NO3/c1-15-8-9-4-3-5-11(16-2)12(9)10(14)6-7-13/h3-5H,6-8,13H2,1-2H3. The number of ketones is 1. The molecule has 4 heteroatoms. The molecule has 0 saturated heterocycles. The van der Waals surface area contributed by atoms with Gasteiger partial charge in [-0.3, -0.25) is 4.79 Å². The number of methoxy groups -OCH3 is 2. The third-order valence-electron chi connectivity index (χ3n) is 2.28. The van der Waals surface area contributed by atoms with Gasteiger partial charge >= 0.3 is 0 Å². The predicted octanol–water partition coefficient (Wildman–Crippen LogP) is 1.37. The van der Waals surface area contributed by atoms with Gasteiger partial charge in [0.1, 0.15) is 5.75 Å². The molecule has 2 N–H and O–H groups in total. The van der Waals surface area contributed by atoms with Gasteiger partial charge in [0.25, 0.3) is 0 Å². The summed E-state index contributed by atoms with van der Waals surface area (Å²) in [6, 6.07) is 5.46. The summed E-state index contributed by atoms with van der Waals surface area (Å²) in [7, 11) is 3.14. The Kier molecular flexibility index (Phi) is 4.95. The quantitative estimate of drug-likeness (QED) is 0.740. The van der Waals surface area contributed by atoms with Gasteiger partial charge in [-0.05, 0) is 18.2 Å². The first-order valence-corrected chi connectivity index (χ1v) is 5.12. The van der Waals surface area contributed by atoms with Gasteiger partial charge in [0.05, 0.1) is 19.3 Å². The van der Waals surface area contributed by atoms with Crippen molar-refractivity contribution < 1.29 is 14.3 Å². The first-order chi connectivity index (χ1) is 7.74. The van der Waals surface area contributed by atoms with Crippen molar-refractivity contribution in [1.29, 1.82) is 0 Å². The molecule has 0 unspecified atom stereocenters. The van der Waals surface area contributed by atoms with E-state index >= 15 is 0 Å². The zero-order chi connectivity index (χ0) is 12.0. The fourth-order valence-electron chi connectivity index (χ4n) is 1.60. The van der Waals surface area contributed by atoms with Crippen molar-refractivity contribution >= 4 is 5.78 Å². The lowest BCUT2D eigenvalue weighted by Crippen LogP contribution is -2.12. The van der Waals surface area contributed by atoms with Crippen LogP contribution in [0.25, 0.3) is 0 Å². The van der Waals surface area contributed by atoms with Crippen LogP contribution in [0.1, 0.15) is 22.3 Å². The maximum Gasteiger partial charge on any atom is 0.168 e. The van der Waals surface area contributed by atoms with Gasteiger partial charge in [-0.2, -0.15) is 0 Å². The molecule has 1 aromatic carbocycles. The SMILES string of the molecule is COCc1cccc(OC)c1C(=O)CCN. The van der Waals surface area contributed by atoms with Crippen LogP contribution in [-0.4, -0.2) is 26.5 Å². The second-order valence-corrected chi connectivity index (χ2v) is 3.39. The third-order valence-corrected chi connectivity index (χ3v) is 2.28. The molecule has 0 aliphatic rings. The first kappa shape index (κ1) is 12.7. The van der Waals surface area contributed by atoms with Crippen molar-refractivity contribution in [3.8, 4) is 5.75 Å². The average molecular weight is 223 g/mol. The molecule has 0 bridgehead atoms. The maximum absolute atomic E-state index is 11.9. The summed E-state index contributed by atoms with van der Waals surface area (Å²) in [6.07, 6.45) is 0.317. The highest BCUT2D eigenvalue weighted by molar-refractivity contribution is 6.00. The van der Waals surface area contributed by atoms with Gasteiger partial charge in [-0.25, -0.2) is 0 Å². The highest BCUT2D eigenvalue weighted by Crippen LogP contribution is 2.24. The fourth-order valence-corrected chi connectivity index (χ4v) is 1.60. The van der Waals surface area contributed by atoms with E-state index in [-0.39, 0.29) is 5.78 Å². The summed E-state index contributed by atoms with van der Waals surface area (Å²) in [6.45, 7) is 0.728. The van der Waals surface area contributed by atoms with E-state index in [1.54, 1.807) is 20.3 Å². The summed E-state index contributed by atoms with van der Waals surface area (Å²) >= 11 is 0. The van der Waals surface area contributed by atoms with Gasteiger partial charge in [0.2, 0.25) is 0 Å². The molecule has 0 saturated carbocycles. The molecule has 0 aliphatic heterocycles. The maximum atomic E-state index is 11.9. The fraction of sp³-hybridized carbons (Fsp3) is 0.417. The molecular weight excluding hydrogens is 206 g/mol. The van der Waals surface area contributed by atoms with Crippen LogP contribution in [0.2, 0.25) is 0 Å². The Morgan fingerprint density at radius 2 is 2.12 bits per heavy atom. The van der Waals surface area contributed by atoms with Crippen molar-refractivity contribution in [1.82, 2.24) is 0 Å². The second-order valence-electron chi connectivity index (χ2n) is 3.39. The molecule has 0 aromatic heterocycles. The highest BCUT2D eigenvalue weighted by Gasteiger charge is 2.15. The summed E-state index contributed by atoms with van der Waals surface area (Å²) < 4.78 is 10.2. The van der Waals surface area contributed by atoms with Gasteiger partial charge in [0.15, 0.2) is 5.78 Å². The van der Waals surface area contributed by atoms with Crippen LogP contribution in [0, 0.1) is 0 Å². The molecule has 0 spiro atoms. The number of Topliss-reactive ketones (excluding diaryl/α,β-unsaturated/α-hetero) is 1. The number of rotatable bonds is 6. The van der Waals surface area contributed by atoms with E-state index in [2.05, 4.69) is 0 Å². The van der Waals surface area contributed by atoms with Crippen LogP contribution in [0.4, 0.5) is 0 Å². The van der Waals surface area contributed by atoms with Crippen LogP contribution in [-0.2, 0) is 11.3 Å². The Morgan fingerprint density at radius 3 is 2.69 bits per heavy atom. The lowest BCUT2D eigenvalue weighted by Gasteiger charge is -2.12. The number of benzene rings is 1. The zero-order valence-electron chi connectivity index (χ0n) is 9.66. The number of ether oxygens (including phenoxy) is 2. The van der Waals surface area contributed by atoms with E-state index in [0.29, 0.717) is 30.9 Å². The Morgan fingerprint density at radius 1 is 1.38 bits per heavy atom. The van der Waals surface area contributed by atoms with Crippen molar-refractivity contribution in [2.75, 3.05) is 20.8 Å². The number of carbonyl (C=O) groups excluding carboxylic acids is 1. The van der Waals surface area contributed by atoms with E-state index in [1.165, 1.54) is 0 Å². The normalized spacial score (nSPS) is 10.2. The van der Waals surface area contributed by atoms with Crippen molar-refractivity contribution in [2.24, 2.45) is 5.73 Å². The van der Waals surface area contributed by atoms with E-state index in [4.69, 9.17) is 15.2 Å². The topological polar surface area (TPSA) is 61.5 Å². The molecule has 0 heterocycles. The monoisotopic (exact) mass is 223 g/mol. The van der Waals surface area contributed by atoms with Crippen LogP contribution in [0.5, 0.6) is 5.75 Å². The molecule has 0 fully saturated rings. The van der Waals surface area contributed by atoms with E-state index < -0.39 is 0 Å². The molecule has 1 rings (SSSR count). The number of hydrogen-bond acceptors (Lipinski definition) is 4. The second kappa shape index (κ2) is 6.25. The molecule has 0 atom stereocenters. The molecular formula is C12H17NO3. The zero-order valence-corrected chi connectivity index (χ0v) is 9.66. The minimum absolute atomic E-state index is 0.00741. The van der Waals surface area contributed by atoms with Crippen molar-refractivity contribution in [3.05, 3.63) is 29.3 Å². The highest BCUT2D eigenvalue weighted by atomic mass is 16.5. The Hall–Kier alpha value is -1.39. The summed E-state index contributed by atoms with van der Waals surface area (Å²) in [5.41, 5.74) is 6.80. The van der Waals surface area contributed by atoms with E-state index in [9.17, 15) is 4.79 Å².